The molecule has 0 aromatic carbocycles. The Morgan fingerprint density at radius 3 is 2.34 bits per heavy atom. The van der Waals surface area contributed by atoms with Crippen LogP contribution in [0.25, 0.3) is 0 Å². The van der Waals surface area contributed by atoms with Crippen molar-refractivity contribution in [3.8, 4) is 5.88 Å². The van der Waals surface area contributed by atoms with Gasteiger partial charge in [0.25, 0.3) is 0 Å². The highest BCUT2D eigenvalue weighted by Gasteiger charge is 2.48. The number of piperazine rings is 1. The number of aryl methyl sites for hydroxylation is 1. The first-order chi connectivity index (χ1) is 17.1. The van der Waals surface area contributed by atoms with E-state index in [9.17, 15) is 14.4 Å². The van der Waals surface area contributed by atoms with E-state index in [1.54, 1.807) is 23.2 Å². The van der Waals surface area contributed by atoms with E-state index < -0.39 is 6.09 Å². The number of imide groups is 1. The van der Waals surface area contributed by atoms with Crippen molar-refractivity contribution in [2.24, 2.45) is 11.8 Å². The zero-order chi connectivity index (χ0) is 24.2. The van der Waals surface area contributed by atoms with E-state index in [2.05, 4.69) is 20.9 Å². The molecule has 0 spiro atoms. The number of fused-ring (bicyclic) bond motifs is 1. The summed E-state index contributed by atoms with van der Waals surface area (Å²) in [7, 11) is 0. The molecule has 3 fully saturated rings. The number of nitrogens with zero attached hydrogens (tertiary/aromatic N) is 5. The summed E-state index contributed by atoms with van der Waals surface area (Å²) in [5.41, 5.74) is 1.68. The number of carbonyl (C=O) groups is 3. The Balaban J connectivity index is 1.09. The second-order valence-electron chi connectivity index (χ2n) is 9.53. The van der Waals surface area contributed by atoms with Gasteiger partial charge in [-0.1, -0.05) is 18.9 Å². The molecule has 0 N–H and O–H groups in total. The number of amides is 3. The van der Waals surface area contributed by atoms with Crippen molar-refractivity contribution in [1.29, 1.82) is 0 Å². The molecule has 3 amide bonds. The second-order valence-corrected chi connectivity index (χ2v) is 9.53. The number of rotatable bonds is 6. The van der Waals surface area contributed by atoms with Crippen LogP contribution < -0.4 is 9.64 Å². The molecule has 2 aromatic rings. The first kappa shape index (κ1) is 23.4. The Hall–Kier alpha value is -3.33. The topological polar surface area (TPSA) is 95.9 Å². The number of hydrogen-bond acceptors (Lipinski definition) is 7. The summed E-state index contributed by atoms with van der Waals surface area (Å²) < 4.78 is 5.46. The minimum atomic E-state index is -0.431. The number of carbonyl (C=O) groups excluding carboxylic acids is 3. The Labute approximate surface area is 205 Å². The average Bonchev–Trinajstić information content (AvgIpc) is 3.15. The van der Waals surface area contributed by atoms with E-state index in [1.807, 2.05) is 12.3 Å². The fourth-order valence-corrected chi connectivity index (χ4v) is 5.34. The van der Waals surface area contributed by atoms with Crippen LogP contribution in [-0.2, 0) is 16.0 Å². The van der Waals surface area contributed by atoms with E-state index in [0.717, 1.165) is 58.2 Å². The maximum atomic E-state index is 12.8. The molecular weight excluding hydrogens is 446 g/mol. The van der Waals surface area contributed by atoms with Crippen molar-refractivity contribution in [3.05, 3.63) is 48.4 Å². The number of ether oxygens (including phenoxy) is 1. The van der Waals surface area contributed by atoms with Gasteiger partial charge in [0.05, 0.1) is 23.7 Å². The van der Waals surface area contributed by atoms with Crippen LogP contribution in [0.2, 0.25) is 0 Å². The van der Waals surface area contributed by atoms with Crippen molar-refractivity contribution >= 4 is 23.6 Å². The Morgan fingerprint density at radius 1 is 0.971 bits per heavy atom. The maximum absolute atomic E-state index is 12.8. The highest BCUT2D eigenvalue weighted by molar-refractivity contribution is 6.22. The molecule has 2 aliphatic heterocycles. The maximum Gasteiger partial charge on any atom is 0.416 e. The molecule has 3 aliphatic rings. The van der Waals surface area contributed by atoms with Crippen molar-refractivity contribution in [2.45, 2.75) is 38.5 Å². The van der Waals surface area contributed by atoms with Crippen molar-refractivity contribution in [1.82, 2.24) is 19.8 Å². The predicted octanol–water partition coefficient (Wildman–Crippen LogP) is 2.91. The molecule has 9 nitrogen and oxygen atoms in total. The number of aromatic nitrogens is 2. The highest BCUT2D eigenvalue weighted by Crippen LogP contribution is 2.40. The Morgan fingerprint density at radius 2 is 1.71 bits per heavy atom. The largest absolute Gasteiger partial charge is 0.416 e. The van der Waals surface area contributed by atoms with Crippen LogP contribution in [-0.4, -0.2) is 70.4 Å². The minimum Gasteiger partial charge on any atom is -0.391 e. The third-order valence-corrected chi connectivity index (χ3v) is 7.31. The fourth-order valence-electron chi connectivity index (χ4n) is 5.34. The molecule has 2 atom stereocenters. The van der Waals surface area contributed by atoms with Gasteiger partial charge in [0, 0.05) is 44.6 Å². The first-order valence-corrected chi connectivity index (χ1v) is 12.5. The van der Waals surface area contributed by atoms with Crippen LogP contribution >= 0.6 is 0 Å². The zero-order valence-corrected chi connectivity index (χ0v) is 19.8. The summed E-state index contributed by atoms with van der Waals surface area (Å²) in [5.74, 6) is -0.520. The van der Waals surface area contributed by atoms with E-state index in [-0.39, 0.29) is 29.5 Å². The summed E-state index contributed by atoms with van der Waals surface area (Å²) in [6.45, 7) is 3.79. The zero-order valence-electron chi connectivity index (χ0n) is 19.8. The summed E-state index contributed by atoms with van der Waals surface area (Å²) in [4.78, 5) is 51.8. The quantitative estimate of drug-likeness (QED) is 0.590. The van der Waals surface area contributed by atoms with Crippen molar-refractivity contribution < 1.29 is 19.1 Å². The van der Waals surface area contributed by atoms with Crippen LogP contribution in [0.15, 0.2) is 42.9 Å². The van der Waals surface area contributed by atoms with Gasteiger partial charge >= 0.3 is 6.09 Å². The van der Waals surface area contributed by atoms with Crippen molar-refractivity contribution in [3.63, 3.8) is 0 Å². The normalized spacial score (nSPS) is 22.9. The summed E-state index contributed by atoms with van der Waals surface area (Å²) in [6.07, 6.45) is 10.3. The molecule has 2 unspecified atom stereocenters. The van der Waals surface area contributed by atoms with Gasteiger partial charge in [-0.3, -0.25) is 19.5 Å². The summed E-state index contributed by atoms with van der Waals surface area (Å²) >= 11 is 0. The molecule has 184 valence electrons. The molecule has 5 rings (SSSR count). The molecule has 35 heavy (non-hydrogen) atoms. The van der Waals surface area contributed by atoms with Crippen LogP contribution in [0.4, 0.5) is 10.5 Å². The lowest BCUT2D eigenvalue weighted by molar-refractivity contribution is -0.122. The second kappa shape index (κ2) is 10.5. The number of anilines is 1. The lowest BCUT2D eigenvalue weighted by Crippen LogP contribution is -2.49. The number of pyridine rings is 2. The van der Waals surface area contributed by atoms with Gasteiger partial charge < -0.3 is 9.64 Å². The molecule has 0 radical (unpaired) electrons. The van der Waals surface area contributed by atoms with Gasteiger partial charge in [0.15, 0.2) is 0 Å². The van der Waals surface area contributed by atoms with Crippen LogP contribution in [0.5, 0.6) is 5.88 Å². The SMILES string of the molecule is O=C(Oc1ccc(N2C(=O)C3CCCCC3C2=O)cn1)N1CCN(CCCc2cccnc2)CC1. The van der Waals surface area contributed by atoms with Crippen molar-refractivity contribution in [2.75, 3.05) is 37.6 Å². The first-order valence-electron chi connectivity index (χ1n) is 12.5. The summed E-state index contributed by atoms with van der Waals surface area (Å²) in [5, 5.41) is 0. The molecule has 2 aromatic heterocycles. The van der Waals surface area contributed by atoms with Crippen LogP contribution in [0.1, 0.15) is 37.7 Å². The van der Waals surface area contributed by atoms with Gasteiger partial charge in [-0.15, -0.1) is 0 Å². The van der Waals surface area contributed by atoms with E-state index in [4.69, 9.17) is 4.74 Å². The fraction of sp³-hybridized carbons (Fsp3) is 0.500. The molecule has 4 heterocycles. The smallest absolute Gasteiger partial charge is 0.391 e. The predicted molar refractivity (Wildman–Crippen MR) is 129 cm³/mol. The molecule has 9 heteroatoms. The molecule has 0 bridgehead atoms. The molecular formula is C26H31N5O4. The minimum absolute atomic E-state index is 0.135. The van der Waals surface area contributed by atoms with Gasteiger partial charge in [0.2, 0.25) is 17.7 Å². The van der Waals surface area contributed by atoms with Crippen LogP contribution in [0.3, 0.4) is 0 Å². The highest BCUT2D eigenvalue weighted by atomic mass is 16.6. The standard InChI is InChI=1S/C26H31N5O4/c32-24-21-7-1-2-8-22(21)25(33)31(24)20-9-10-23(28-18-20)35-26(34)30-15-13-29(14-16-30)12-4-6-19-5-3-11-27-17-19/h3,5,9-11,17-18,21-22H,1-2,4,6-8,12-16H2. The lowest BCUT2D eigenvalue weighted by Gasteiger charge is -2.33. The van der Waals surface area contributed by atoms with Gasteiger partial charge in [-0.25, -0.2) is 14.7 Å². The Kier molecular flexibility index (Phi) is 7.03. The Bertz CT molecular complexity index is 1030. The summed E-state index contributed by atoms with van der Waals surface area (Å²) in [6, 6.07) is 7.22. The van der Waals surface area contributed by atoms with E-state index >= 15 is 0 Å². The van der Waals surface area contributed by atoms with Crippen LogP contribution in [0, 0.1) is 11.8 Å². The lowest BCUT2D eigenvalue weighted by atomic mass is 9.81. The molecule has 2 saturated heterocycles. The van der Waals surface area contributed by atoms with Gasteiger partial charge in [-0.2, -0.15) is 0 Å². The van der Waals surface area contributed by atoms with E-state index in [0.29, 0.717) is 18.8 Å². The number of hydrogen-bond donors (Lipinski definition) is 0. The average molecular weight is 478 g/mol. The van der Waals surface area contributed by atoms with Gasteiger partial charge in [-0.05, 0) is 49.9 Å². The molecule has 1 saturated carbocycles. The van der Waals surface area contributed by atoms with Gasteiger partial charge in [0.1, 0.15) is 0 Å². The molecule has 1 aliphatic carbocycles. The third kappa shape index (κ3) is 5.19. The monoisotopic (exact) mass is 477 g/mol. The van der Waals surface area contributed by atoms with E-state index in [1.165, 1.54) is 16.7 Å². The third-order valence-electron chi connectivity index (χ3n) is 7.31.